The van der Waals surface area contributed by atoms with E-state index in [4.69, 9.17) is 24.7 Å². The number of nitrogens with one attached hydrogen (secondary N) is 1. The normalized spacial score (nSPS) is 12.4. The fraction of sp³-hybridized carbons (Fsp3) is 0.286. The number of alkyl halides is 2. The molecule has 12 aromatic heterocycles. The van der Waals surface area contributed by atoms with Gasteiger partial charge in [-0.05, 0) is 108 Å². The summed E-state index contributed by atoms with van der Waals surface area (Å²) in [5.41, 5.74) is 20.9. The third kappa shape index (κ3) is 20.1. The number of hydrogen-bond donors (Lipinski definition) is 1. The van der Waals surface area contributed by atoms with Gasteiger partial charge in [0.25, 0.3) is 0 Å². The summed E-state index contributed by atoms with van der Waals surface area (Å²) in [6.07, 6.45) is 23.3. The maximum absolute atomic E-state index is 13.2. The fourth-order valence-electron chi connectivity index (χ4n) is 18.9. The van der Waals surface area contributed by atoms with Crippen LogP contribution in [-0.4, -0.2) is 141 Å². The second-order valence-electron chi connectivity index (χ2n) is 37.8. The summed E-state index contributed by atoms with van der Waals surface area (Å²) in [5.74, 6) is 6.79. The lowest BCUT2D eigenvalue weighted by Gasteiger charge is -2.25. The predicted molar refractivity (Wildman–Crippen MR) is 561 cm³/mol. The van der Waals surface area contributed by atoms with Crippen LogP contribution in [0.5, 0.6) is 0 Å². The molecule has 30 nitrogen and oxygen atoms in total. The molecule has 20 aromatic rings. The highest BCUT2D eigenvalue weighted by atomic mass is 19.3. The van der Waals surface area contributed by atoms with Crippen LogP contribution in [0.4, 0.5) is 8.78 Å². The van der Waals surface area contributed by atoms with Gasteiger partial charge in [-0.2, -0.15) is 8.78 Å². The van der Waals surface area contributed by atoms with Crippen LogP contribution in [0, 0.1) is 0 Å². The van der Waals surface area contributed by atoms with Gasteiger partial charge in [-0.1, -0.05) is 250 Å². The molecule has 144 heavy (non-hydrogen) atoms. The van der Waals surface area contributed by atoms with Gasteiger partial charge in [-0.25, -0.2) is 79.0 Å². The number of nitrogens with zero attached hydrogens (tertiary/aromatic N) is 24. The average molecular weight is 1930 g/mol. The minimum Gasteiger partial charge on any atom is -0.383 e. The Morgan fingerprint density at radius 2 is 0.632 bits per heavy atom. The second-order valence-corrected chi connectivity index (χ2v) is 37.8. The Hall–Kier alpha value is -16.2. The Kier molecular flexibility index (Phi) is 29.0. The van der Waals surface area contributed by atoms with Crippen molar-refractivity contribution in [2.24, 2.45) is 28.2 Å². The number of piperidine rings is 1. The number of aromatic nitrogens is 24. The van der Waals surface area contributed by atoms with Gasteiger partial charge in [-0.15, -0.1) is 0 Å². The van der Waals surface area contributed by atoms with Gasteiger partial charge in [-0.3, -0.25) is 41.1 Å². The van der Waals surface area contributed by atoms with Crippen molar-refractivity contribution in [3.05, 3.63) is 355 Å². The quantitative estimate of drug-likeness (QED) is 0.0526. The molecule has 0 bridgehead atoms. The molecule has 0 aliphatic carbocycles. The van der Waals surface area contributed by atoms with Gasteiger partial charge < -0.3 is 23.8 Å². The first kappa shape index (κ1) is 98.0. The highest BCUT2D eigenvalue weighted by Gasteiger charge is 2.27. The minimum atomic E-state index is -2.67. The zero-order valence-electron chi connectivity index (χ0n) is 83.5. The third-order valence-electron chi connectivity index (χ3n) is 26.8. The van der Waals surface area contributed by atoms with Crippen LogP contribution in [0.15, 0.2) is 288 Å². The molecule has 1 aliphatic rings. The van der Waals surface area contributed by atoms with E-state index < -0.39 is 6.55 Å². The van der Waals surface area contributed by atoms with Crippen LogP contribution >= 0.6 is 0 Å². The molecule has 0 saturated carbocycles. The smallest absolute Gasteiger partial charge is 0.330 e. The minimum absolute atomic E-state index is 0.103. The summed E-state index contributed by atoms with van der Waals surface area (Å²) in [5, 5.41) is 3.43. The molecular weight excluding hydrogens is 1810 g/mol. The number of ether oxygens (including phenoxy) is 1. The van der Waals surface area contributed by atoms with Crippen LogP contribution in [0.2, 0.25) is 0 Å². The molecule has 0 unspecified atom stereocenters. The summed E-state index contributed by atoms with van der Waals surface area (Å²) in [6, 6.07) is 65.2. The van der Waals surface area contributed by atoms with Crippen LogP contribution in [0.25, 0.3) is 136 Å². The molecule has 0 spiro atoms. The summed E-state index contributed by atoms with van der Waals surface area (Å²) >= 11 is 0. The van der Waals surface area contributed by atoms with Gasteiger partial charge in [0.15, 0.2) is 45.9 Å². The van der Waals surface area contributed by atoms with E-state index >= 15 is 0 Å². The molecule has 0 atom stereocenters. The first-order chi connectivity index (χ1) is 69.7. The van der Waals surface area contributed by atoms with Crippen molar-refractivity contribution in [3.63, 3.8) is 0 Å². The maximum Gasteiger partial charge on any atom is 0.330 e. The zero-order chi connectivity index (χ0) is 101. The van der Waals surface area contributed by atoms with E-state index in [0.717, 1.165) is 132 Å². The highest BCUT2D eigenvalue weighted by molar-refractivity contribution is 5.79. The van der Waals surface area contributed by atoms with Crippen molar-refractivity contribution < 1.29 is 13.5 Å². The maximum atomic E-state index is 13.2. The standard InChI is InChI=1S/C30H33N7O.C28H30N6O2.C28H30N6O.C26H24F2N6O/c1-20(2)24-6-4-5-7-25(24)27-33-18-26-29(34-27)37(30(38)35(26)3)19-21-8-10-22(11-9-21)28-32-16-17-36(28)23-12-14-31-15-13-23;1-19(2)22-7-5-6-8-23(22)25-30-17-24-27(31-25)34(28(35)32(24)3)18-20-9-11-21(12-10-20)26-29-13-14-33(26)15-16-36-4;1-18(2)22-8-6-7-9-23(22)25-30-16-24-27(31-25)34(28(35)32(24)5)17-20-10-12-21(13-11-20)26-29-14-15-33(26)19(3)4;1-16(2)19-6-4-5-7-20(19)22-30-14-21-24(31-22)34(26(35)32(21)3)15-17-8-10-18(11-9-17)23-29-12-13-33(23)25(27)28/h4-11,16-18,20,23,31H,12-15,19H2,1-3H3;5-14,17,19H,15-16,18H2,1-4H3;6-16,18-19H,17H2,1-5H3;4-14,16,25H,15H2,1-3H3. The molecule has 13 heterocycles. The molecular formula is C112H117F2N25O5. The first-order valence-corrected chi connectivity index (χ1v) is 48.7. The Morgan fingerprint density at radius 1 is 0.347 bits per heavy atom. The summed E-state index contributed by atoms with van der Waals surface area (Å²) < 4.78 is 52.1. The molecule has 1 saturated heterocycles. The van der Waals surface area contributed by atoms with E-state index in [9.17, 15) is 28.0 Å². The molecule has 1 aliphatic heterocycles. The monoisotopic (exact) mass is 1930 g/mol. The number of hydrogen-bond acceptors (Lipinski definition) is 18. The van der Waals surface area contributed by atoms with Crippen molar-refractivity contribution in [3.8, 4) is 91.1 Å². The van der Waals surface area contributed by atoms with Crippen LogP contribution in [0.3, 0.4) is 0 Å². The number of imidazole rings is 8. The van der Waals surface area contributed by atoms with Crippen LogP contribution in [-0.2, 0) is 65.7 Å². The van der Waals surface area contributed by atoms with E-state index in [1.807, 2.05) is 122 Å². The molecule has 1 fully saturated rings. The average Bonchev–Trinajstić information content (AvgIpc) is 1.62. The largest absolute Gasteiger partial charge is 0.383 e. The Labute approximate surface area is 831 Å². The Morgan fingerprint density at radius 3 is 0.951 bits per heavy atom. The van der Waals surface area contributed by atoms with E-state index in [2.05, 4.69) is 207 Å². The van der Waals surface area contributed by atoms with Crippen molar-refractivity contribution in [2.75, 3.05) is 26.8 Å². The predicted octanol–water partition coefficient (Wildman–Crippen LogP) is 19.9. The van der Waals surface area contributed by atoms with Crippen molar-refractivity contribution in [1.29, 1.82) is 0 Å². The number of fused-ring (bicyclic) bond motifs is 4. The number of methoxy groups -OCH3 is 1. The molecule has 0 amide bonds. The molecule has 734 valence electrons. The van der Waals surface area contributed by atoms with Crippen molar-refractivity contribution in [2.45, 2.75) is 157 Å². The Balaban J connectivity index is 0.000000126. The lowest BCUT2D eigenvalue weighted by atomic mass is 9.97. The number of benzene rings is 8. The van der Waals surface area contributed by atoms with Gasteiger partial charge >= 0.3 is 29.3 Å². The van der Waals surface area contributed by atoms with Gasteiger partial charge in [0.2, 0.25) is 0 Å². The fourth-order valence-corrected chi connectivity index (χ4v) is 18.9. The topological polar surface area (TPSA) is 303 Å². The zero-order valence-corrected chi connectivity index (χ0v) is 83.5. The number of aryl methyl sites for hydroxylation is 4. The SMILES string of the molecule is CC(C)c1ccccc1-c1ncc2c(n1)n(Cc1ccc(-c3nccn3C(C)C)cc1)c(=O)n2C.CC(C)c1ccccc1-c1ncc2c(n1)n(Cc1ccc(-c3nccn3C(F)F)cc1)c(=O)n2C.CC(C)c1ccccc1-c1ncc2c(n1)n(Cc1ccc(-c3nccn3C3CCNCC3)cc1)c(=O)n2C.COCCn1ccnc1-c1ccc(Cn2c(=O)n(C)c3cnc(-c4ccccc4C(C)C)nc32)cc1. The summed E-state index contributed by atoms with van der Waals surface area (Å²) in [6.45, 7) is 23.8. The summed E-state index contributed by atoms with van der Waals surface area (Å²) in [7, 11) is 8.68. The molecule has 8 aromatic carbocycles. The lowest BCUT2D eigenvalue weighted by Crippen LogP contribution is -2.29. The van der Waals surface area contributed by atoms with E-state index in [1.165, 1.54) is 33.7 Å². The van der Waals surface area contributed by atoms with Gasteiger partial charge in [0.1, 0.15) is 45.4 Å². The lowest BCUT2D eigenvalue weighted by molar-refractivity contribution is 0.0720. The highest BCUT2D eigenvalue weighted by Crippen LogP contribution is 2.36. The van der Waals surface area contributed by atoms with Crippen molar-refractivity contribution >= 4 is 44.7 Å². The molecule has 32 heteroatoms. The van der Waals surface area contributed by atoms with Crippen LogP contribution < -0.4 is 28.1 Å². The summed E-state index contributed by atoms with van der Waals surface area (Å²) in [4.78, 5) is 108. The Bertz CT molecular complexity index is 8000. The third-order valence-corrected chi connectivity index (χ3v) is 26.8. The molecule has 1 N–H and O–H groups in total. The second kappa shape index (κ2) is 42.7. The van der Waals surface area contributed by atoms with E-state index in [1.54, 1.807) is 123 Å². The van der Waals surface area contributed by atoms with Crippen molar-refractivity contribution in [1.82, 2.24) is 120 Å². The first-order valence-electron chi connectivity index (χ1n) is 48.7. The molecule has 0 radical (unpaired) electrons. The van der Waals surface area contributed by atoms with E-state index in [0.29, 0.717) is 124 Å². The van der Waals surface area contributed by atoms with E-state index in [-0.39, 0.29) is 35.1 Å². The number of rotatable bonds is 26. The van der Waals surface area contributed by atoms with Crippen LogP contribution in [0.1, 0.15) is 169 Å². The molecule has 21 rings (SSSR count). The van der Waals surface area contributed by atoms with Gasteiger partial charge in [0, 0.05) is 148 Å². The number of halogens is 2. The van der Waals surface area contributed by atoms with Gasteiger partial charge in [0.05, 0.1) is 57.6 Å².